The highest BCUT2D eigenvalue weighted by Gasteiger charge is 2.33. The Balaban J connectivity index is 1.39. The number of aliphatic carboxylic acids is 1. The molecule has 0 radical (unpaired) electrons. The van der Waals surface area contributed by atoms with Gasteiger partial charge in [-0.25, -0.2) is 4.79 Å². The SMILES string of the molecule is C=CCC(NC(=O)OCC1c2ccccc2-c2ccccc21)C(=O)NC1CCCCCC1C(=O)O. The fourth-order valence-electron chi connectivity index (χ4n) is 5.24. The Hall–Kier alpha value is -3.61. The van der Waals surface area contributed by atoms with Gasteiger partial charge in [0.2, 0.25) is 5.91 Å². The number of alkyl carbamates (subject to hydrolysis) is 1. The van der Waals surface area contributed by atoms with Crippen molar-refractivity contribution in [2.45, 2.75) is 56.5 Å². The van der Waals surface area contributed by atoms with E-state index in [1.807, 2.05) is 36.4 Å². The van der Waals surface area contributed by atoms with Gasteiger partial charge < -0.3 is 20.5 Å². The molecule has 2 amide bonds. The monoisotopic (exact) mass is 476 g/mol. The molecule has 4 rings (SSSR count). The lowest BCUT2D eigenvalue weighted by Gasteiger charge is -2.26. The summed E-state index contributed by atoms with van der Waals surface area (Å²) in [7, 11) is 0. The number of ether oxygens (including phenoxy) is 1. The molecular weight excluding hydrogens is 444 g/mol. The molecule has 35 heavy (non-hydrogen) atoms. The number of rotatable bonds is 8. The van der Waals surface area contributed by atoms with Crippen LogP contribution in [0.5, 0.6) is 0 Å². The third-order valence-electron chi connectivity index (χ3n) is 7.02. The second-order valence-corrected chi connectivity index (χ2v) is 9.24. The van der Waals surface area contributed by atoms with Crippen molar-refractivity contribution in [2.24, 2.45) is 5.92 Å². The topological polar surface area (TPSA) is 105 Å². The molecule has 1 fully saturated rings. The van der Waals surface area contributed by atoms with Crippen LogP contribution in [0.3, 0.4) is 0 Å². The average molecular weight is 477 g/mol. The number of carboxylic acid groups (broad SMARTS) is 1. The minimum atomic E-state index is -0.901. The van der Waals surface area contributed by atoms with Gasteiger partial charge in [0.15, 0.2) is 0 Å². The summed E-state index contributed by atoms with van der Waals surface area (Å²) in [4.78, 5) is 37.4. The van der Waals surface area contributed by atoms with Crippen LogP contribution >= 0.6 is 0 Å². The van der Waals surface area contributed by atoms with Crippen LogP contribution in [0.2, 0.25) is 0 Å². The van der Waals surface area contributed by atoms with Crippen molar-refractivity contribution >= 4 is 18.0 Å². The summed E-state index contributed by atoms with van der Waals surface area (Å²) in [5.41, 5.74) is 4.49. The second-order valence-electron chi connectivity index (χ2n) is 9.24. The first-order valence-electron chi connectivity index (χ1n) is 12.2. The van der Waals surface area contributed by atoms with Gasteiger partial charge in [-0.2, -0.15) is 0 Å². The Morgan fingerprint density at radius 3 is 2.26 bits per heavy atom. The van der Waals surface area contributed by atoms with Gasteiger partial charge in [0.1, 0.15) is 12.6 Å². The lowest BCUT2D eigenvalue weighted by molar-refractivity contribution is -0.143. The third-order valence-corrected chi connectivity index (χ3v) is 7.02. The number of carboxylic acids is 1. The highest BCUT2D eigenvalue weighted by Crippen LogP contribution is 2.44. The molecule has 7 nitrogen and oxygen atoms in total. The highest BCUT2D eigenvalue weighted by molar-refractivity contribution is 5.86. The Kier molecular flexibility index (Phi) is 7.85. The number of nitrogens with one attached hydrogen (secondary N) is 2. The van der Waals surface area contributed by atoms with E-state index < -0.39 is 36.0 Å². The number of carbonyl (C=O) groups is 3. The first-order chi connectivity index (χ1) is 17.0. The van der Waals surface area contributed by atoms with Gasteiger partial charge in [-0.15, -0.1) is 6.58 Å². The fourth-order valence-corrected chi connectivity index (χ4v) is 5.24. The molecule has 0 aromatic heterocycles. The van der Waals surface area contributed by atoms with Crippen molar-refractivity contribution < 1.29 is 24.2 Å². The second kappa shape index (κ2) is 11.2. The molecule has 2 aromatic carbocycles. The van der Waals surface area contributed by atoms with Gasteiger partial charge in [0.05, 0.1) is 5.92 Å². The van der Waals surface area contributed by atoms with Crippen LogP contribution in [0.15, 0.2) is 61.2 Å². The first kappa shape index (κ1) is 24.5. The number of benzene rings is 2. The number of amides is 2. The Morgan fingerprint density at radius 2 is 1.63 bits per heavy atom. The number of hydrogen-bond acceptors (Lipinski definition) is 4. The summed E-state index contributed by atoms with van der Waals surface area (Å²) in [5.74, 6) is -2.03. The Labute approximate surface area is 205 Å². The number of hydrogen-bond donors (Lipinski definition) is 3. The van der Waals surface area contributed by atoms with Crippen molar-refractivity contribution in [1.82, 2.24) is 10.6 Å². The zero-order chi connectivity index (χ0) is 24.8. The summed E-state index contributed by atoms with van der Waals surface area (Å²) >= 11 is 0. The van der Waals surface area contributed by atoms with Gasteiger partial charge in [0.25, 0.3) is 0 Å². The molecule has 3 unspecified atom stereocenters. The van der Waals surface area contributed by atoms with Crippen molar-refractivity contribution in [1.29, 1.82) is 0 Å². The molecule has 184 valence electrons. The molecule has 0 saturated heterocycles. The molecule has 3 N–H and O–H groups in total. The van der Waals surface area contributed by atoms with Crippen molar-refractivity contribution in [3.05, 3.63) is 72.3 Å². The van der Waals surface area contributed by atoms with Gasteiger partial charge in [0, 0.05) is 12.0 Å². The van der Waals surface area contributed by atoms with E-state index in [2.05, 4.69) is 29.3 Å². The largest absolute Gasteiger partial charge is 0.481 e. The van der Waals surface area contributed by atoms with E-state index in [9.17, 15) is 19.5 Å². The Bertz CT molecular complexity index is 1050. The summed E-state index contributed by atoms with van der Waals surface area (Å²) in [5, 5.41) is 15.1. The number of fused-ring (bicyclic) bond motifs is 3. The van der Waals surface area contributed by atoms with Crippen LogP contribution in [0.4, 0.5) is 4.79 Å². The molecule has 2 aromatic rings. The zero-order valence-corrected chi connectivity index (χ0v) is 19.7. The van der Waals surface area contributed by atoms with Crippen molar-refractivity contribution in [3.8, 4) is 11.1 Å². The number of carbonyl (C=O) groups excluding carboxylic acids is 2. The molecule has 7 heteroatoms. The van der Waals surface area contributed by atoms with E-state index in [4.69, 9.17) is 4.74 Å². The predicted molar refractivity (Wildman–Crippen MR) is 133 cm³/mol. The summed E-state index contributed by atoms with van der Waals surface area (Å²) in [6, 6.07) is 14.8. The van der Waals surface area contributed by atoms with E-state index in [-0.39, 0.29) is 18.9 Å². The summed E-state index contributed by atoms with van der Waals surface area (Å²) in [6.07, 6.45) is 4.85. The Morgan fingerprint density at radius 1 is 1.00 bits per heavy atom. The summed E-state index contributed by atoms with van der Waals surface area (Å²) < 4.78 is 5.58. The quantitative estimate of drug-likeness (QED) is 0.381. The lowest BCUT2D eigenvalue weighted by Crippen LogP contribution is -2.52. The maximum Gasteiger partial charge on any atom is 0.407 e. The van der Waals surface area contributed by atoms with E-state index in [0.29, 0.717) is 12.8 Å². The smallest absolute Gasteiger partial charge is 0.407 e. The molecule has 2 aliphatic rings. The van der Waals surface area contributed by atoms with Gasteiger partial charge in [-0.1, -0.05) is 73.9 Å². The molecule has 3 atom stereocenters. The van der Waals surface area contributed by atoms with Crippen LogP contribution in [0.25, 0.3) is 11.1 Å². The first-order valence-corrected chi connectivity index (χ1v) is 12.2. The van der Waals surface area contributed by atoms with E-state index in [1.165, 1.54) is 0 Å². The maximum atomic E-state index is 13.0. The zero-order valence-electron chi connectivity index (χ0n) is 19.7. The van der Waals surface area contributed by atoms with Crippen LogP contribution in [0.1, 0.15) is 55.6 Å². The van der Waals surface area contributed by atoms with Crippen LogP contribution in [-0.2, 0) is 14.3 Å². The molecule has 0 aliphatic heterocycles. The van der Waals surface area contributed by atoms with E-state index in [0.717, 1.165) is 41.5 Å². The maximum absolute atomic E-state index is 13.0. The minimum Gasteiger partial charge on any atom is -0.481 e. The van der Waals surface area contributed by atoms with E-state index >= 15 is 0 Å². The normalized spacial score (nSPS) is 20.0. The molecular formula is C28H32N2O5. The van der Waals surface area contributed by atoms with Crippen LogP contribution < -0.4 is 10.6 Å². The molecule has 1 saturated carbocycles. The molecule has 0 heterocycles. The minimum absolute atomic E-state index is 0.0813. The van der Waals surface area contributed by atoms with Gasteiger partial charge in [-0.3, -0.25) is 9.59 Å². The van der Waals surface area contributed by atoms with Gasteiger partial charge >= 0.3 is 12.1 Å². The lowest BCUT2D eigenvalue weighted by atomic mass is 9.94. The van der Waals surface area contributed by atoms with E-state index in [1.54, 1.807) is 6.08 Å². The average Bonchev–Trinajstić information content (AvgIpc) is 2.98. The van der Waals surface area contributed by atoms with Crippen LogP contribution in [0, 0.1) is 5.92 Å². The molecule has 2 aliphatic carbocycles. The van der Waals surface area contributed by atoms with Crippen molar-refractivity contribution in [3.63, 3.8) is 0 Å². The highest BCUT2D eigenvalue weighted by atomic mass is 16.5. The van der Waals surface area contributed by atoms with Crippen molar-refractivity contribution in [2.75, 3.05) is 6.61 Å². The predicted octanol–water partition coefficient (Wildman–Crippen LogP) is 4.62. The van der Waals surface area contributed by atoms with Gasteiger partial charge in [-0.05, 0) is 41.5 Å². The third kappa shape index (κ3) is 5.56. The van der Waals surface area contributed by atoms with Crippen LogP contribution in [-0.4, -0.2) is 41.8 Å². The molecule has 0 spiro atoms. The standard InChI is InChI=1S/C28H32N2O5/c1-2-10-25(26(31)29-24-16-5-3-4-15-22(24)27(32)33)30-28(34)35-17-23-20-13-8-6-11-18(20)19-12-7-9-14-21(19)23/h2,6-9,11-14,22-25H,1,3-5,10,15-17H2,(H,29,31)(H,30,34)(H,32,33). The fraction of sp³-hybridized carbons (Fsp3) is 0.393. The molecule has 0 bridgehead atoms. The summed E-state index contributed by atoms with van der Waals surface area (Å²) in [6.45, 7) is 3.83.